The van der Waals surface area contributed by atoms with Crippen LogP contribution >= 0.6 is 11.8 Å². The first-order chi connectivity index (χ1) is 13.9. The maximum absolute atomic E-state index is 13.9. The van der Waals surface area contributed by atoms with Gasteiger partial charge in [0.05, 0.1) is 11.8 Å². The molecule has 3 rings (SSSR count). The van der Waals surface area contributed by atoms with E-state index in [4.69, 9.17) is 0 Å². The minimum absolute atomic E-state index is 0.110. The van der Waals surface area contributed by atoms with Crippen LogP contribution in [0.1, 0.15) is 31.0 Å². The van der Waals surface area contributed by atoms with Gasteiger partial charge in [-0.15, -0.1) is 10.2 Å². The average Bonchev–Trinajstić information content (AvgIpc) is 3.09. The number of thioether (sulfide) groups is 1. The van der Waals surface area contributed by atoms with Crippen LogP contribution in [0.4, 0.5) is 8.78 Å². The molecule has 0 bridgehead atoms. The van der Waals surface area contributed by atoms with Crippen molar-refractivity contribution in [2.24, 2.45) is 0 Å². The van der Waals surface area contributed by atoms with Crippen molar-refractivity contribution >= 4 is 17.7 Å². The molecule has 0 aliphatic carbocycles. The lowest BCUT2D eigenvalue weighted by Crippen LogP contribution is -2.28. The maximum atomic E-state index is 13.9. The van der Waals surface area contributed by atoms with Crippen molar-refractivity contribution in [2.45, 2.75) is 38.5 Å². The largest absolute Gasteiger partial charge is 0.349 e. The van der Waals surface area contributed by atoms with E-state index in [1.807, 2.05) is 42.7 Å². The Labute approximate surface area is 172 Å². The summed E-state index contributed by atoms with van der Waals surface area (Å²) in [6, 6.07) is 10.7. The standard InChI is InChI=1S/C21H22F2N4OS/c1-4-27-20(15-7-5-6-13(2)10-15)25-26-21(27)29-12-19(28)24-14(3)17-9-8-16(22)11-18(17)23/h5-11,14H,4,12H2,1-3H3,(H,24,28). The second-order valence-corrected chi connectivity index (χ2v) is 7.61. The normalized spacial score (nSPS) is 12.0. The van der Waals surface area contributed by atoms with E-state index in [1.54, 1.807) is 6.92 Å². The molecule has 1 unspecified atom stereocenters. The van der Waals surface area contributed by atoms with E-state index in [2.05, 4.69) is 15.5 Å². The molecule has 1 atom stereocenters. The van der Waals surface area contributed by atoms with Crippen LogP contribution in [0.5, 0.6) is 0 Å². The molecule has 0 spiro atoms. The lowest BCUT2D eigenvalue weighted by molar-refractivity contribution is -0.119. The Balaban J connectivity index is 1.66. The van der Waals surface area contributed by atoms with Gasteiger partial charge in [-0.2, -0.15) is 0 Å². The molecule has 2 aromatic carbocycles. The summed E-state index contributed by atoms with van der Waals surface area (Å²) in [5.74, 6) is -0.739. The molecule has 8 heteroatoms. The number of hydrogen-bond acceptors (Lipinski definition) is 4. The monoisotopic (exact) mass is 416 g/mol. The summed E-state index contributed by atoms with van der Waals surface area (Å²) < 4.78 is 28.9. The molecule has 0 saturated heterocycles. The predicted octanol–water partition coefficient (Wildman–Crippen LogP) is 4.52. The zero-order valence-corrected chi connectivity index (χ0v) is 17.3. The van der Waals surface area contributed by atoms with Gasteiger partial charge in [-0.25, -0.2) is 8.78 Å². The molecule has 0 saturated carbocycles. The molecule has 1 amide bonds. The summed E-state index contributed by atoms with van der Waals surface area (Å²) in [6.45, 7) is 6.33. The molecule has 0 aliphatic heterocycles. The second-order valence-electron chi connectivity index (χ2n) is 6.66. The van der Waals surface area contributed by atoms with Gasteiger partial charge >= 0.3 is 0 Å². The van der Waals surface area contributed by atoms with Crippen molar-refractivity contribution in [3.05, 3.63) is 65.2 Å². The van der Waals surface area contributed by atoms with Crippen LogP contribution < -0.4 is 5.32 Å². The first-order valence-corrected chi connectivity index (χ1v) is 10.2. The van der Waals surface area contributed by atoms with E-state index >= 15 is 0 Å². The number of amides is 1. The second kappa shape index (κ2) is 9.17. The number of halogens is 2. The van der Waals surface area contributed by atoms with Gasteiger partial charge in [-0.3, -0.25) is 4.79 Å². The van der Waals surface area contributed by atoms with Gasteiger partial charge in [0.25, 0.3) is 0 Å². The summed E-state index contributed by atoms with van der Waals surface area (Å²) in [4.78, 5) is 12.3. The lowest BCUT2D eigenvalue weighted by atomic mass is 10.1. The van der Waals surface area contributed by atoms with Crippen LogP contribution in [-0.4, -0.2) is 26.4 Å². The number of aromatic nitrogens is 3. The third kappa shape index (κ3) is 5.00. The first kappa shape index (κ1) is 21.0. The summed E-state index contributed by atoms with van der Waals surface area (Å²) in [7, 11) is 0. The van der Waals surface area contributed by atoms with Gasteiger partial charge < -0.3 is 9.88 Å². The van der Waals surface area contributed by atoms with E-state index in [9.17, 15) is 13.6 Å². The fraction of sp³-hybridized carbons (Fsp3) is 0.286. The molecule has 0 fully saturated rings. The number of rotatable bonds is 7. The van der Waals surface area contributed by atoms with Crippen molar-refractivity contribution in [3.8, 4) is 11.4 Å². The van der Waals surface area contributed by atoms with E-state index in [0.29, 0.717) is 11.7 Å². The molecule has 5 nitrogen and oxygen atoms in total. The minimum atomic E-state index is -0.682. The van der Waals surface area contributed by atoms with Gasteiger partial charge in [-0.1, -0.05) is 41.6 Å². The summed E-state index contributed by atoms with van der Waals surface area (Å²) >= 11 is 1.27. The Hall–Kier alpha value is -2.74. The molecule has 0 aliphatic rings. The van der Waals surface area contributed by atoms with Gasteiger partial charge in [0.15, 0.2) is 11.0 Å². The maximum Gasteiger partial charge on any atom is 0.230 e. The molecule has 3 aromatic rings. The molecular formula is C21H22F2N4OS. The van der Waals surface area contributed by atoms with Gasteiger partial charge in [0.2, 0.25) is 5.91 Å². The SMILES string of the molecule is CCn1c(SCC(=O)NC(C)c2ccc(F)cc2F)nnc1-c1cccc(C)c1. The number of carbonyl (C=O) groups excluding carboxylic acids is 1. The lowest BCUT2D eigenvalue weighted by Gasteiger charge is -2.15. The highest BCUT2D eigenvalue weighted by atomic mass is 32.2. The van der Waals surface area contributed by atoms with Gasteiger partial charge in [0, 0.05) is 23.7 Å². The number of benzene rings is 2. The Kier molecular flexibility index (Phi) is 6.64. The Morgan fingerprint density at radius 3 is 2.69 bits per heavy atom. The van der Waals surface area contributed by atoms with Crippen LogP contribution in [0, 0.1) is 18.6 Å². The number of aryl methyl sites for hydroxylation is 1. The summed E-state index contributed by atoms with van der Waals surface area (Å²) in [5, 5.41) is 11.9. The van der Waals surface area contributed by atoms with Crippen molar-refractivity contribution in [3.63, 3.8) is 0 Å². The molecule has 1 N–H and O–H groups in total. The van der Waals surface area contributed by atoms with E-state index < -0.39 is 17.7 Å². The van der Waals surface area contributed by atoms with Gasteiger partial charge in [0.1, 0.15) is 11.6 Å². The first-order valence-electron chi connectivity index (χ1n) is 9.26. The van der Waals surface area contributed by atoms with Crippen molar-refractivity contribution in [2.75, 3.05) is 5.75 Å². The molecular weight excluding hydrogens is 394 g/mol. The van der Waals surface area contributed by atoms with Gasteiger partial charge in [-0.05, 0) is 32.9 Å². The summed E-state index contributed by atoms with van der Waals surface area (Å²) in [6.07, 6.45) is 0. The number of nitrogens with one attached hydrogen (secondary N) is 1. The minimum Gasteiger partial charge on any atom is -0.349 e. The number of carbonyl (C=O) groups is 1. The highest BCUT2D eigenvalue weighted by Gasteiger charge is 2.17. The van der Waals surface area contributed by atoms with E-state index in [1.165, 1.54) is 23.9 Å². The number of hydrogen-bond donors (Lipinski definition) is 1. The van der Waals surface area contributed by atoms with Crippen molar-refractivity contribution in [1.82, 2.24) is 20.1 Å². The average molecular weight is 416 g/mol. The Morgan fingerprint density at radius 1 is 1.21 bits per heavy atom. The Morgan fingerprint density at radius 2 is 2.00 bits per heavy atom. The van der Waals surface area contributed by atoms with Crippen molar-refractivity contribution < 1.29 is 13.6 Å². The van der Waals surface area contributed by atoms with Crippen LogP contribution in [-0.2, 0) is 11.3 Å². The van der Waals surface area contributed by atoms with Crippen LogP contribution in [0.3, 0.4) is 0 Å². The third-order valence-corrected chi connectivity index (χ3v) is 5.41. The molecule has 0 radical (unpaired) electrons. The Bertz CT molecular complexity index is 1020. The predicted molar refractivity (Wildman–Crippen MR) is 110 cm³/mol. The van der Waals surface area contributed by atoms with E-state index in [0.717, 1.165) is 23.0 Å². The number of nitrogens with zero attached hydrogens (tertiary/aromatic N) is 3. The molecule has 29 heavy (non-hydrogen) atoms. The van der Waals surface area contributed by atoms with Crippen molar-refractivity contribution in [1.29, 1.82) is 0 Å². The van der Waals surface area contributed by atoms with E-state index in [-0.39, 0.29) is 17.2 Å². The molecule has 1 heterocycles. The van der Waals surface area contributed by atoms with Crippen LogP contribution in [0.2, 0.25) is 0 Å². The van der Waals surface area contributed by atoms with Crippen LogP contribution in [0.25, 0.3) is 11.4 Å². The highest BCUT2D eigenvalue weighted by molar-refractivity contribution is 7.99. The third-order valence-electron chi connectivity index (χ3n) is 4.45. The summed E-state index contributed by atoms with van der Waals surface area (Å²) in [5.41, 5.74) is 2.34. The molecule has 1 aromatic heterocycles. The smallest absolute Gasteiger partial charge is 0.230 e. The zero-order valence-electron chi connectivity index (χ0n) is 16.4. The zero-order chi connectivity index (χ0) is 21.0. The fourth-order valence-corrected chi connectivity index (χ4v) is 3.84. The highest BCUT2D eigenvalue weighted by Crippen LogP contribution is 2.25. The topological polar surface area (TPSA) is 59.8 Å². The molecule has 152 valence electrons. The fourth-order valence-electron chi connectivity index (χ4n) is 3.02. The quantitative estimate of drug-likeness (QED) is 0.575. The van der Waals surface area contributed by atoms with Crippen LogP contribution in [0.15, 0.2) is 47.6 Å².